The van der Waals surface area contributed by atoms with Crippen LogP contribution in [0.25, 0.3) is 22.3 Å². The Kier molecular flexibility index (Phi) is 2.44. The third-order valence-corrected chi connectivity index (χ3v) is 2.69. The predicted octanol–water partition coefficient (Wildman–Crippen LogP) is 2.77. The van der Waals surface area contributed by atoms with Crippen molar-refractivity contribution in [3.8, 4) is 17.1 Å². The van der Waals surface area contributed by atoms with Crippen LogP contribution in [-0.2, 0) is 0 Å². The summed E-state index contributed by atoms with van der Waals surface area (Å²) in [5, 5.41) is 0.737. The van der Waals surface area contributed by atoms with Gasteiger partial charge in [-0.25, -0.2) is 14.4 Å². The second kappa shape index (κ2) is 4.10. The van der Waals surface area contributed by atoms with Gasteiger partial charge in [-0.2, -0.15) is 0 Å². The molecule has 3 aromatic rings. The van der Waals surface area contributed by atoms with Crippen LogP contribution in [0.15, 0.2) is 36.7 Å². The lowest BCUT2D eigenvalue weighted by molar-refractivity contribution is 0.398. The number of fused-ring (bicyclic) bond motifs is 1. The van der Waals surface area contributed by atoms with E-state index in [1.54, 1.807) is 19.4 Å². The van der Waals surface area contributed by atoms with Crippen LogP contribution in [0.2, 0.25) is 0 Å². The summed E-state index contributed by atoms with van der Waals surface area (Å²) in [5.41, 5.74) is 2.42. The summed E-state index contributed by atoms with van der Waals surface area (Å²) in [4.78, 5) is 11.2. The number of halogens is 1. The summed E-state index contributed by atoms with van der Waals surface area (Å²) in [6.07, 6.45) is 2.85. The highest BCUT2D eigenvalue weighted by Crippen LogP contribution is 2.25. The molecule has 0 unspecified atom stereocenters. The predicted molar refractivity (Wildman–Crippen MR) is 65.8 cm³/mol. The molecule has 0 radical (unpaired) electrons. The summed E-state index contributed by atoms with van der Waals surface area (Å²) in [5.74, 6) is 0.186. The maximum absolute atomic E-state index is 13.1. The van der Waals surface area contributed by atoms with E-state index in [0.29, 0.717) is 11.5 Å². The lowest BCUT2D eigenvalue weighted by atomic mass is 10.2. The van der Waals surface area contributed by atoms with Gasteiger partial charge < -0.3 is 9.72 Å². The molecule has 90 valence electrons. The molecule has 0 saturated heterocycles. The van der Waals surface area contributed by atoms with E-state index in [-0.39, 0.29) is 5.82 Å². The first-order valence-electron chi connectivity index (χ1n) is 5.41. The Bertz CT molecular complexity index is 708. The van der Waals surface area contributed by atoms with Crippen LogP contribution in [0.5, 0.6) is 5.88 Å². The summed E-state index contributed by atoms with van der Waals surface area (Å²) in [6, 6.07) is 6.95. The van der Waals surface area contributed by atoms with Gasteiger partial charge in [0, 0.05) is 28.9 Å². The van der Waals surface area contributed by atoms with Gasteiger partial charge in [-0.15, -0.1) is 0 Å². The van der Waals surface area contributed by atoms with Gasteiger partial charge in [-0.3, -0.25) is 0 Å². The monoisotopic (exact) mass is 243 g/mol. The molecule has 0 aliphatic heterocycles. The Morgan fingerprint density at radius 2 is 2.11 bits per heavy atom. The Balaban J connectivity index is 2.13. The average molecular weight is 243 g/mol. The molecule has 0 saturated carbocycles. The third kappa shape index (κ3) is 1.79. The summed E-state index contributed by atoms with van der Waals surface area (Å²) < 4.78 is 18.1. The van der Waals surface area contributed by atoms with Gasteiger partial charge in [0.1, 0.15) is 11.5 Å². The number of rotatable bonds is 2. The van der Waals surface area contributed by atoms with Crippen molar-refractivity contribution >= 4 is 11.0 Å². The van der Waals surface area contributed by atoms with Crippen molar-refractivity contribution in [1.29, 1.82) is 0 Å². The van der Waals surface area contributed by atoms with Crippen molar-refractivity contribution in [3.05, 3.63) is 42.5 Å². The van der Waals surface area contributed by atoms with Crippen molar-refractivity contribution in [2.24, 2.45) is 0 Å². The standard InChI is InChI=1S/C13H10FN3O/c1-18-12-6-8(2-3-15-12)11-5-9-4-10(14)7-16-13(9)17-11/h2-7H,1H3,(H,16,17). The molecule has 1 N–H and O–H groups in total. The smallest absolute Gasteiger partial charge is 0.213 e. The zero-order valence-corrected chi connectivity index (χ0v) is 9.64. The molecule has 0 aromatic carbocycles. The molecule has 3 rings (SSSR count). The molecule has 0 fully saturated rings. The van der Waals surface area contributed by atoms with E-state index in [1.165, 1.54) is 12.3 Å². The minimum Gasteiger partial charge on any atom is -0.481 e. The molecule has 0 aliphatic carbocycles. The van der Waals surface area contributed by atoms with Gasteiger partial charge in [0.25, 0.3) is 0 Å². The normalized spacial score (nSPS) is 10.8. The highest BCUT2D eigenvalue weighted by Gasteiger charge is 2.06. The number of hydrogen-bond donors (Lipinski definition) is 1. The number of pyridine rings is 2. The highest BCUT2D eigenvalue weighted by molar-refractivity contribution is 5.82. The summed E-state index contributed by atoms with van der Waals surface area (Å²) >= 11 is 0. The number of aromatic amines is 1. The maximum Gasteiger partial charge on any atom is 0.213 e. The van der Waals surface area contributed by atoms with Crippen molar-refractivity contribution in [2.75, 3.05) is 7.11 Å². The molecular formula is C13H10FN3O. The number of nitrogens with zero attached hydrogens (tertiary/aromatic N) is 2. The lowest BCUT2D eigenvalue weighted by Crippen LogP contribution is -1.87. The van der Waals surface area contributed by atoms with Gasteiger partial charge in [-0.05, 0) is 18.2 Å². The van der Waals surface area contributed by atoms with Crippen LogP contribution in [0.1, 0.15) is 0 Å². The molecule has 0 spiro atoms. The van der Waals surface area contributed by atoms with Crippen LogP contribution in [0.4, 0.5) is 4.39 Å². The number of methoxy groups -OCH3 is 1. The van der Waals surface area contributed by atoms with Crippen molar-refractivity contribution in [3.63, 3.8) is 0 Å². The van der Waals surface area contributed by atoms with Gasteiger partial charge in [0.15, 0.2) is 0 Å². The topological polar surface area (TPSA) is 50.8 Å². The second-order valence-electron chi connectivity index (χ2n) is 3.86. The molecule has 4 nitrogen and oxygen atoms in total. The van der Waals surface area contributed by atoms with Gasteiger partial charge >= 0.3 is 0 Å². The first-order chi connectivity index (χ1) is 8.76. The fourth-order valence-electron chi connectivity index (χ4n) is 1.83. The van der Waals surface area contributed by atoms with Gasteiger partial charge in [0.05, 0.1) is 13.3 Å². The number of H-pyrrole nitrogens is 1. The second-order valence-corrected chi connectivity index (χ2v) is 3.86. The van der Waals surface area contributed by atoms with E-state index in [9.17, 15) is 4.39 Å². The first kappa shape index (κ1) is 10.7. The number of aromatic nitrogens is 3. The van der Waals surface area contributed by atoms with Crippen LogP contribution in [-0.4, -0.2) is 22.1 Å². The van der Waals surface area contributed by atoms with E-state index >= 15 is 0 Å². The number of ether oxygens (including phenoxy) is 1. The molecule has 3 aromatic heterocycles. The molecule has 0 aliphatic rings. The Hall–Kier alpha value is -2.43. The van der Waals surface area contributed by atoms with E-state index in [4.69, 9.17) is 4.74 Å². The molecule has 3 heterocycles. The van der Waals surface area contributed by atoms with Gasteiger partial charge in [0.2, 0.25) is 5.88 Å². The minimum atomic E-state index is -0.347. The largest absolute Gasteiger partial charge is 0.481 e. The zero-order chi connectivity index (χ0) is 12.5. The summed E-state index contributed by atoms with van der Waals surface area (Å²) in [6.45, 7) is 0. The Morgan fingerprint density at radius 3 is 2.94 bits per heavy atom. The quantitative estimate of drug-likeness (QED) is 0.753. The number of nitrogens with one attached hydrogen (secondary N) is 1. The Morgan fingerprint density at radius 1 is 1.22 bits per heavy atom. The fourth-order valence-corrected chi connectivity index (χ4v) is 1.83. The zero-order valence-electron chi connectivity index (χ0n) is 9.64. The molecule has 0 bridgehead atoms. The third-order valence-electron chi connectivity index (χ3n) is 2.69. The first-order valence-corrected chi connectivity index (χ1v) is 5.41. The van der Waals surface area contributed by atoms with Crippen LogP contribution in [0, 0.1) is 5.82 Å². The van der Waals surface area contributed by atoms with E-state index in [1.807, 2.05) is 12.1 Å². The molecule has 5 heteroatoms. The van der Waals surface area contributed by atoms with Crippen molar-refractivity contribution in [1.82, 2.24) is 15.0 Å². The SMILES string of the molecule is COc1cc(-c2cc3cc(F)cnc3[nH]2)ccn1. The fraction of sp³-hybridized carbons (Fsp3) is 0.0769. The van der Waals surface area contributed by atoms with Crippen molar-refractivity contribution < 1.29 is 9.13 Å². The molecular weight excluding hydrogens is 233 g/mol. The highest BCUT2D eigenvalue weighted by atomic mass is 19.1. The maximum atomic E-state index is 13.1. The van der Waals surface area contributed by atoms with Gasteiger partial charge in [-0.1, -0.05) is 0 Å². The van der Waals surface area contributed by atoms with Crippen LogP contribution in [0.3, 0.4) is 0 Å². The van der Waals surface area contributed by atoms with E-state index in [2.05, 4.69) is 15.0 Å². The van der Waals surface area contributed by atoms with E-state index in [0.717, 1.165) is 16.6 Å². The number of hydrogen-bond acceptors (Lipinski definition) is 3. The van der Waals surface area contributed by atoms with E-state index < -0.39 is 0 Å². The van der Waals surface area contributed by atoms with Crippen LogP contribution >= 0.6 is 0 Å². The molecule has 0 amide bonds. The molecule has 18 heavy (non-hydrogen) atoms. The average Bonchev–Trinajstić information content (AvgIpc) is 2.81. The van der Waals surface area contributed by atoms with Crippen molar-refractivity contribution in [2.45, 2.75) is 0 Å². The van der Waals surface area contributed by atoms with Crippen LogP contribution < -0.4 is 4.74 Å². The molecule has 0 atom stereocenters. The Labute approximate surface area is 102 Å². The lowest BCUT2D eigenvalue weighted by Gasteiger charge is -2.00. The summed E-state index contributed by atoms with van der Waals surface area (Å²) in [7, 11) is 1.56. The minimum absolute atomic E-state index is 0.347.